The molecule has 0 amide bonds. The van der Waals surface area contributed by atoms with Gasteiger partial charge in [-0.15, -0.1) is 11.6 Å². The van der Waals surface area contributed by atoms with Crippen molar-refractivity contribution < 1.29 is 0 Å². The third-order valence-electron chi connectivity index (χ3n) is 5.88. The Hall–Kier alpha value is -1.56. The second-order valence-electron chi connectivity index (χ2n) is 8.31. The van der Waals surface area contributed by atoms with Crippen molar-refractivity contribution in [3.63, 3.8) is 0 Å². The Morgan fingerprint density at radius 3 is 2.45 bits per heavy atom. The van der Waals surface area contributed by atoms with Gasteiger partial charge in [0.25, 0.3) is 0 Å². The smallest absolute Gasteiger partial charge is 0.122 e. The molecule has 2 aliphatic rings. The lowest BCUT2D eigenvalue weighted by Crippen LogP contribution is -2.36. The number of nitrogens with zero attached hydrogens (tertiary/aromatic N) is 1. The van der Waals surface area contributed by atoms with E-state index in [-0.39, 0.29) is 11.3 Å². The number of aliphatic imine (C=N–C) groups is 1. The molecular formula is C23H36ClN5. The van der Waals surface area contributed by atoms with Crippen LogP contribution in [-0.4, -0.2) is 30.3 Å². The van der Waals surface area contributed by atoms with Crippen LogP contribution in [0, 0.1) is 5.92 Å². The summed E-state index contributed by atoms with van der Waals surface area (Å²) in [5.41, 5.74) is 8.35. The molecular weight excluding hydrogens is 382 g/mol. The molecule has 5 N–H and O–H groups in total. The first kappa shape index (κ1) is 22.1. The monoisotopic (exact) mass is 417 g/mol. The Kier molecular flexibility index (Phi) is 8.84. The van der Waals surface area contributed by atoms with E-state index in [1.54, 1.807) is 6.08 Å². The Morgan fingerprint density at radius 1 is 1.03 bits per heavy atom. The highest BCUT2D eigenvalue weighted by Crippen LogP contribution is 2.19. The molecule has 0 bridgehead atoms. The summed E-state index contributed by atoms with van der Waals surface area (Å²) < 4.78 is 0. The van der Waals surface area contributed by atoms with Crippen LogP contribution < -0.4 is 21.7 Å². The first-order valence-corrected chi connectivity index (χ1v) is 11.5. The lowest BCUT2D eigenvalue weighted by molar-refractivity contribution is 0.371. The van der Waals surface area contributed by atoms with Gasteiger partial charge in [0.1, 0.15) is 11.7 Å². The summed E-state index contributed by atoms with van der Waals surface area (Å²) in [6.45, 7) is 5.87. The van der Waals surface area contributed by atoms with Crippen LogP contribution >= 0.6 is 11.6 Å². The predicted octanol–water partition coefficient (Wildman–Crippen LogP) is 3.63. The minimum Gasteiger partial charge on any atom is -0.384 e. The van der Waals surface area contributed by atoms with Crippen LogP contribution in [-0.2, 0) is 13.1 Å². The highest BCUT2D eigenvalue weighted by atomic mass is 35.5. The van der Waals surface area contributed by atoms with E-state index in [1.807, 2.05) is 0 Å². The number of alkyl halides is 1. The summed E-state index contributed by atoms with van der Waals surface area (Å²) in [6.07, 6.45) is 9.90. The van der Waals surface area contributed by atoms with Crippen molar-refractivity contribution in [3.05, 3.63) is 47.3 Å². The second-order valence-corrected chi connectivity index (χ2v) is 8.82. The highest BCUT2D eigenvalue weighted by Gasteiger charge is 2.22. The quantitative estimate of drug-likeness (QED) is 0.365. The molecule has 1 aromatic rings. The topological polar surface area (TPSA) is 74.5 Å². The maximum Gasteiger partial charge on any atom is 0.122 e. The van der Waals surface area contributed by atoms with E-state index in [1.165, 1.54) is 49.7 Å². The van der Waals surface area contributed by atoms with Gasteiger partial charge in [-0.05, 0) is 49.6 Å². The van der Waals surface area contributed by atoms with E-state index < -0.39 is 0 Å². The fraction of sp³-hybridized carbons (Fsp3) is 0.609. The van der Waals surface area contributed by atoms with Gasteiger partial charge in [0.15, 0.2) is 0 Å². The van der Waals surface area contributed by atoms with Crippen molar-refractivity contribution in [2.75, 3.05) is 13.1 Å². The molecule has 0 aromatic heterocycles. The van der Waals surface area contributed by atoms with Crippen LogP contribution in [0.5, 0.6) is 0 Å². The molecule has 3 rings (SSSR count). The molecule has 1 aromatic carbocycles. The van der Waals surface area contributed by atoms with Crippen molar-refractivity contribution in [1.29, 1.82) is 0 Å². The van der Waals surface area contributed by atoms with Gasteiger partial charge in [0.2, 0.25) is 0 Å². The van der Waals surface area contributed by atoms with E-state index >= 15 is 0 Å². The molecule has 1 fully saturated rings. The minimum atomic E-state index is -0.110. The summed E-state index contributed by atoms with van der Waals surface area (Å²) in [6, 6.07) is 9.47. The summed E-state index contributed by atoms with van der Waals surface area (Å²) in [4.78, 5) is 4.39. The van der Waals surface area contributed by atoms with Crippen LogP contribution in [0.15, 0.2) is 41.2 Å². The van der Waals surface area contributed by atoms with Crippen LogP contribution in [0.1, 0.15) is 56.6 Å². The summed E-state index contributed by atoms with van der Waals surface area (Å²) in [5, 5.41) is 10.5. The molecule has 1 saturated carbocycles. The Balaban J connectivity index is 1.31. The number of nitrogens with one attached hydrogen (secondary N) is 3. The molecule has 160 valence electrons. The molecule has 1 heterocycles. The molecule has 2 atom stereocenters. The van der Waals surface area contributed by atoms with Crippen molar-refractivity contribution in [2.24, 2.45) is 16.6 Å². The Bertz CT molecular complexity index is 679. The molecule has 1 aliphatic heterocycles. The maximum absolute atomic E-state index is 6.29. The number of hydrogen-bond acceptors (Lipinski definition) is 5. The van der Waals surface area contributed by atoms with E-state index in [9.17, 15) is 0 Å². The van der Waals surface area contributed by atoms with Crippen LogP contribution in [0.4, 0.5) is 0 Å². The van der Waals surface area contributed by atoms with Gasteiger partial charge in [-0.1, -0.05) is 50.5 Å². The third kappa shape index (κ3) is 7.32. The molecule has 29 heavy (non-hydrogen) atoms. The van der Waals surface area contributed by atoms with Crippen molar-refractivity contribution >= 4 is 17.4 Å². The van der Waals surface area contributed by atoms with Gasteiger partial charge in [-0.2, -0.15) is 0 Å². The van der Waals surface area contributed by atoms with Gasteiger partial charge in [0, 0.05) is 25.0 Å². The maximum atomic E-state index is 6.29. The highest BCUT2D eigenvalue weighted by molar-refractivity contribution is 6.23. The average molecular weight is 418 g/mol. The first-order chi connectivity index (χ1) is 14.1. The number of amidine groups is 1. The second kappa shape index (κ2) is 11.6. The molecule has 1 aliphatic carbocycles. The van der Waals surface area contributed by atoms with Crippen molar-refractivity contribution in [2.45, 2.75) is 70.0 Å². The zero-order valence-corrected chi connectivity index (χ0v) is 18.3. The van der Waals surface area contributed by atoms with Crippen molar-refractivity contribution in [1.82, 2.24) is 16.0 Å². The normalized spacial score (nSPS) is 22.8. The van der Waals surface area contributed by atoms with E-state index in [0.717, 1.165) is 38.1 Å². The van der Waals surface area contributed by atoms with Crippen LogP contribution in [0.2, 0.25) is 0 Å². The number of benzene rings is 1. The number of halogens is 1. The summed E-state index contributed by atoms with van der Waals surface area (Å²) in [7, 11) is 0. The molecule has 2 unspecified atom stereocenters. The summed E-state index contributed by atoms with van der Waals surface area (Å²) >= 11 is 6.29. The number of nitrogens with two attached hydrogens (primary N) is 1. The predicted molar refractivity (Wildman–Crippen MR) is 123 cm³/mol. The van der Waals surface area contributed by atoms with E-state index in [4.69, 9.17) is 17.3 Å². The van der Waals surface area contributed by atoms with E-state index in [0.29, 0.717) is 5.82 Å². The molecule has 0 spiro atoms. The standard InChI is InChI=1S/C23H36ClN5/c1-17-21(24)14-22(25)29-23(17)28-16-19-10-8-18(9-11-19)15-26-12-5-13-27-20-6-3-2-4-7-20/h8-11,14,17,20-21,26-27H,2-7,12-13,15-16,25H2,1H3,(H,28,29). The summed E-state index contributed by atoms with van der Waals surface area (Å²) in [5.74, 6) is 1.48. The van der Waals surface area contributed by atoms with Gasteiger partial charge in [0.05, 0.1) is 5.38 Å². The Labute approximate surface area is 180 Å². The minimum absolute atomic E-state index is 0.110. The lowest BCUT2D eigenvalue weighted by atomic mass is 9.95. The van der Waals surface area contributed by atoms with Gasteiger partial charge in [-0.25, -0.2) is 4.99 Å². The van der Waals surface area contributed by atoms with Gasteiger partial charge < -0.3 is 21.7 Å². The molecule has 6 heteroatoms. The van der Waals surface area contributed by atoms with Gasteiger partial charge in [-0.3, -0.25) is 0 Å². The fourth-order valence-corrected chi connectivity index (χ4v) is 4.21. The zero-order valence-electron chi connectivity index (χ0n) is 17.6. The number of hydrogen-bond donors (Lipinski definition) is 4. The number of rotatable bonds is 9. The number of allylic oxidation sites excluding steroid dienone is 1. The molecule has 0 radical (unpaired) electrons. The van der Waals surface area contributed by atoms with E-state index in [2.05, 4.69) is 52.1 Å². The third-order valence-corrected chi connectivity index (χ3v) is 6.39. The molecule has 0 saturated heterocycles. The zero-order chi connectivity index (χ0) is 20.5. The largest absolute Gasteiger partial charge is 0.384 e. The van der Waals surface area contributed by atoms with Gasteiger partial charge >= 0.3 is 0 Å². The van der Waals surface area contributed by atoms with Crippen LogP contribution in [0.25, 0.3) is 0 Å². The van der Waals surface area contributed by atoms with Crippen LogP contribution in [0.3, 0.4) is 0 Å². The van der Waals surface area contributed by atoms with Crippen molar-refractivity contribution in [3.8, 4) is 0 Å². The SMILES string of the molecule is CC1C(NCc2ccc(CNCCCNC3CCCCC3)cc2)=NC(N)=CC1Cl. The lowest BCUT2D eigenvalue weighted by Gasteiger charge is -2.23. The average Bonchev–Trinajstić information content (AvgIpc) is 2.73. The molecule has 5 nitrogen and oxygen atoms in total. The Morgan fingerprint density at radius 2 is 1.72 bits per heavy atom. The first-order valence-electron chi connectivity index (χ1n) is 11.1. The fourth-order valence-electron chi connectivity index (χ4n) is 3.96.